The maximum Gasteiger partial charge on any atom is 0.254 e. The van der Waals surface area contributed by atoms with Gasteiger partial charge >= 0.3 is 0 Å². The SMILES string of the molecule is COc1cc(=O)n(Cc2ccc(C(N)=O)cc2)cc1Br. The van der Waals surface area contributed by atoms with Crippen molar-refractivity contribution in [2.75, 3.05) is 7.11 Å². The Kier molecular flexibility index (Phi) is 4.24. The summed E-state index contributed by atoms with van der Waals surface area (Å²) in [5.41, 5.74) is 6.35. The topological polar surface area (TPSA) is 74.3 Å². The number of pyridine rings is 1. The van der Waals surface area contributed by atoms with E-state index in [0.29, 0.717) is 22.3 Å². The van der Waals surface area contributed by atoms with Gasteiger partial charge in [0.05, 0.1) is 18.1 Å². The van der Waals surface area contributed by atoms with Crippen LogP contribution in [-0.4, -0.2) is 17.6 Å². The van der Waals surface area contributed by atoms with Gasteiger partial charge in [-0.1, -0.05) is 12.1 Å². The molecule has 5 nitrogen and oxygen atoms in total. The number of benzene rings is 1. The van der Waals surface area contributed by atoms with Crippen molar-refractivity contribution in [3.63, 3.8) is 0 Å². The Labute approximate surface area is 124 Å². The van der Waals surface area contributed by atoms with Gasteiger partial charge in [0.25, 0.3) is 5.56 Å². The van der Waals surface area contributed by atoms with Crippen molar-refractivity contribution in [1.29, 1.82) is 0 Å². The zero-order chi connectivity index (χ0) is 14.7. The Morgan fingerprint density at radius 3 is 2.55 bits per heavy atom. The van der Waals surface area contributed by atoms with Gasteiger partial charge in [-0.25, -0.2) is 0 Å². The van der Waals surface area contributed by atoms with Crippen molar-refractivity contribution in [2.24, 2.45) is 5.73 Å². The molecule has 0 aliphatic heterocycles. The number of primary amides is 1. The third kappa shape index (κ3) is 3.08. The number of rotatable bonds is 4. The molecule has 2 N–H and O–H groups in total. The number of carbonyl (C=O) groups excluding carboxylic acids is 1. The zero-order valence-corrected chi connectivity index (χ0v) is 12.4. The molecule has 1 aromatic carbocycles. The second-order valence-electron chi connectivity index (χ2n) is 4.22. The van der Waals surface area contributed by atoms with Crippen molar-refractivity contribution >= 4 is 21.8 Å². The molecule has 0 fully saturated rings. The molecular formula is C14H13BrN2O3. The fourth-order valence-electron chi connectivity index (χ4n) is 1.78. The molecule has 20 heavy (non-hydrogen) atoms. The van der Waals surface area contributed by atoms with E-state index in [9.17, 15) is 9.59 Å². The van der Waals surface area contributed by atoms with Gasteiger partial charge in [0.1, 0.15) is 5.75 Å². The Morgan fingerprint density at radius 2 is 2.00 bits per heavy atom. The maximum atomic E-state index is 11.9. The van der Waals surface area contributed by atoms with E-state index in [0.717, 1.165) is 5.56 Å². The zero-order valence-electron chi connectivity index (χ0n) is 10.8. The molecule has 0 radical (unpaired) electrons. The predicted octanol–water partition coefficient (Wildman–Crippen LogP) is 1.77. The van der Waals surface area contributed by atoms with E-state index >= 15 is 0 Å². The summed E-state index contributed by atoms with van der Waals surface area (Å²) < 4.78 is 7.31. The Morgan fingerprint density at radius 1 is 1.35 bits per heavy atom. The predicted molar refractivity (Wildman–Crippen MR) is 79.0 cm³/mol. The van der Waals surface area contributed by atoms with Gasteiger partial charge < -0.3 is 15.0 Å². The van der Waals surface area contributed by atoms with Crippen molar-refractivity contribution in [3.05, 3.63) is 62.5 Å². The van der Waals surface area contributed by atoms with Crippen LogP contribution >= 0.6 is 15.9 Å². The van der Waals surface area contributed by atoms with Crippen LogP contribution in [0.2, 0.25) is 0 Å². The first-order valence-corrected chi connectivity index (χ1v) is 6.63. The quantitative estimate of drug-likeness (QED) is 0.924. The Hall–Kier alpha value is -2.08. The van der Waals surface area contributed by atoms with E-state index in [4.69, 9.17) is 10.5 Å². The van der Waals surface area contributed by atoms with Crippen LogP contribution < -0.4 is 16.0 Å². The number of carbonyl (C=O) groups is 1. The van der Waals surface area contributed by atoms with Crippen molar-refractivity contribution in [2.45, 2.75) is 6.54 Å². The van der Waals surface area contributed by atoms with Gasteiger partial charge in [0.2, 0.25) is 5.91 Å². The smallest absolute Gasteiger partial charge is 0.254 e. The highest BCUT2D eigenvalue weighted by atomic mass is 79.9. The van der Waals surface area contributed by atoms with Gasteiger partial charge in [-0.15, -0.1) is 0 Å². The molecule has 0 bridgehead atoms. The fraction of sp³-hybridized carbons (Fsp3) is 0.143. The summed E-state index contributed by atoms with van der Waals surface area (Å²) in [4.78, 5) is 22.9. The lowest BCUT2D eigenvalue weighted by atomic mass is 10.1. The third-order valence-electron chi connectivity index (χ3n) is 2.85. The normalized spacial score (nSPS) is 10.3. The lowest BCUT2D eigenvalue weighted by Gasteiger charge is -2.09. The number of amides is 1. The van der Waals surface area contributed by atoms with Gasteiger partial charge in [0.15, 0.2) is 0 Å². The van der Waals surface area contributed by atoms with Crippen LogP contribution in [0.25, 0.3) is 0 Å². The number of ether oxygens (including phenoxy) is 1. The summed E-state index contributed by atoms with van der Waals surface area (Å²) in [6, 6.07) is 8.24. The Bertz CT molecular complexity index is 693. The average molecular weight is 337 g/mol. The molecule has 1 amide bonds. The van der Waals surface area contributed by atoms with Crippen molar-refractivity contribution < 1.29 is 9.53 Å². The minimum absolute atomic E-state index is 0.163. The van der Waals surface area contributed by atoms with Crippen LogP contribution in [0.3, 0.4) is 0 Å². The fourth-order valence-corrected chi connectivity index (χ4v) is 2.30. The number of nitrogens with zero attached hydrogens (tertiary/aromatic N) is 1. The minimum atomic E-state index is -0.471. The molecule has 0 aliphatic carbocycles. The number of methoxy groups -OCH3 is 1. The summed E-state index contributed by atoms with van der Waals surface area (Å²) in [6.07, 6.45) is 1.67. The minimum Gasteiger partial charge on any atom is -0.495 e. The van der Waals surface area contributed by atoms with Crippen molar-refractivity contribution in [1.82, 2.24) is 4.57 Å². The highest BCUT2D eigenvalue weighted by Crippen LogP contribution is 2.21. The molecule has 0 unspecified atom stereocenters. The largest absolute Gasteiger partial charge is 0.495 e. The van der Waals surface area contributed by atoms with Crippen LogP contribution in [-0.2, 0) is 6.54 Å². The average Bonchev–Trinajstić information content (AvgIpc) is 2.43. The number of halogens is 1. The standard InChI is InChI=1S/C14H13BrN2O3/c1-20-12-6-13(18)17(8-11(12)15)7-9-2-4-10(5-3-9)14(16)19/h2-6,8H,7H2,1H3,(H2,16,19). The van der Waals surface area contributed by atoms with E-state index < -0.39 is 5.91 Å². The highest BCUT2D eigenvalue weighted by Gasteiger charge is 2.06. The lowest BCUT2D eigenvalue weighted by Crippen LogP contribution is -2.19. The van der Waals surface area contributed by atoms with Crippen LogP contribution in [0, 0.1) is 0 Å². The monoisotopic (exact) mass is 336 g/mol. The molecule has 1 heterocycles. The molecule has 2 aromatic rings. The molecule has 0 spiro atoms. The molecule has 104 valence electrons. The van der Waals surface area contributed by atoms with Crippen LogP contribution in [0.15, 0.2) is 45.8 Å². The second-order valence-corrected chi connectivity index (χ2v) is 5.07. The highest BCUT2D eigenvalue weighted by molar-refractivity contribution is 9.10. The molecule has 1 aromatic heterocycles. The van der Waals surface area contributed by atoms with E-state index in [1.54, 1.807) is 35.0 Å². The molecule has 0 atom stereocenters. The molecule has 6 heteroatoms. The first-order chi connectivity index (χ1) is 9.51. The second kappa shape index (κ2) is 5.92. The van der Waals surface area contributed by atoms with E-state index in [2.05, 4.69) is 15.9 Å². The number of hydrogen-bond acceptors (Lipinski definition) is 3. The lowest BCUT2D eigenvalue weighted by molar-refractivity contribution is 0.100. The number of aromatic nitrogens is 1. The summed E-state index contributed by atoms with van der Waals surface area (Å²) in [6.45, 7) is 0.403. The van der Waals surface area contributed by atoms with E-state index in [1.165, 1.54) is 13.2 Å². The third-order valence-corrected chi connectivity index (χ3v) is 3.45. The van der Waals surface area contributed by atoms with Crippen LogP contribution in [0.4, 0.5) is 0 Å². The summed E-state index contributed by atoms with van der Waals surface area (Å²) in [5, 5.41) is 0. The van der Waals surface area contributed by atoms with Gasteiger partial charge in [-0.05, 0) is 33.6 Å². The molecule has 2 rings (SSSR count). The number of hydrogen-bond donors (Lipinski definition) is 1. The molecule has 0 aliphatic rings. The molecule has 0 saturated heterocycles. The van der Waals surface area contributed by atoms with Gasteiger partial charge in [0, 0.05) is 17.8 Å². The summed E-state index contributed by atoms with van der Waals surface area (Å²) in [5.74, 6) is 0.0243. The van der Waals surface area contributed by atoms with Crippen LogP contribution in [0.5, 0.6) is 5.75 Å². The summed E-state index contributed by atoms with van der Waals surface area (Å²) >= 11 is 3.34. The Balaban J connectivity index is 2.28. The van der Waals surface area contributed by atoms with Gasteiger partial charge in [-0.2, -0.15) is 0 Å². The molecular weight excluding hydrogens is 324 g/mol. The van der Waals surface area contributed by atoms with E-state index in [1.807, 2.05) is 0 Å². The first kappa shape index (κ1) is 14.3. The van der Waals surface area contributed by atoms with E-state index in [-0.39, 0.29) is 5.56 Å². The van der Waals surface area contributed by atoms with Crippen LogP contribution in [0.1, 0.15) is 15.9 Å². The summed E-state index contributed by atoms with van der Waals surface area (Å²) in [7, 11) is 1.51. The number of nitrogens with two attached hydrogens (primary N) is 1. The maximum absolute atomic E-state index is 11.9. The first-order valence-electron chi connectivity index (χ1n) is 5.84. The molecule has 0 saturated carbocycles. The van der Waals surface area contributed by atoms with Gasteiger partial charge in [-0.3, -0.25) is 9.59 Å². The van der Waals surface area contributed by atoms with Crippen molar-refractivity contribution in [3.8, 4) is 5.75 Å².